The van der Waals surface area contributed by atoms with Gasteiger partial charge in [-0.15, -0.1) is 10.2 Å². The number of amides is 1. The van der Waals surface area contributed by atoms with E-state index in [1.807, 2.05) is 34.7 Å². The van der Waals surface area contributed by atoms with Crippen LogP contribution in [0.4, 0.5) is 13.2 Å². The fourth-order valence-electron chi connectivity index (χ4n) is 7.51. The molecule has 44 heavy (non-hydrogen) atoms. The van der Waals surface area contributed by atoms with Crippen molar-refractivity contribution in [2.24, 2.45) is 18.9 Å². The van der Waals surface area contributed by atoms with Gasteiger partial charge in [0.1, 0.15) is 12.2 Å². The Bertz CT molecular complexity index is 1770. The lowest BCUT2D eigenvalue weighted by Crippen LogP contribution is -2.53. The summed E-state index contributed by atoms with van der Waals surface area (Å²) >= 11 is 0. The number of benzene rings is 1. The zero-order valence-corrected chi connectivity index (χ0v) is 24.8. The molecule has 2 bridgehead atoms. The third-order valence-electron chi connectivity index (χ3n) is 10.00. The minimum Gasteiger partial charge on any atom is -0.340 e. The minimum absolute atomic E-state index is 0.0201. The SMILES string of the molecule is CC(=O)N1CC2CC(CCc3cc(C(F)(F)F)c4cn(-c5cccc([C@H](c6nncn6C)C6CCC6)c5)c(=O)n4c3)C(C1)N2. The van der Waals surface area contributed by atoms with Crippen molar-refractivity contribution >= 4 is 11.4 Å². The van der Waals surface area contributed by atoms with E-state index in [9.17, 15) is 22.8 Å². The van der Waals surface area contributed by atoms with Crippen LogP contribution < -0.4 is 11.0 Å². The summed E-state index contributed by atoms with van der Waals surface area (Å²) in [6.07, 6.45) is 5.11. The number of carbonyl (C=O) groups is 1. The number of likely N-dealkylation sites (tertiary alicyclic amines) is 1. The number of piperazine rings is 1. The van der Waals surface area contributed by atoms with Crippen LogP contribution in [-0.2, 0) is 24.4 Å². The van der Waals surface area contributed by atoms with E-state index in [4.69, 9.17) is 0 Å². The molecular weight excluding hydrogens is 571 g/mol. The molecule has 0 spiro atoms. The first-order valence-electron chi connectivity index (χ1n) is 15.4. The van der Waals surface area contributed by atoms with Crippen LogP contribution in [0.2, 0.25) is 0 Å². The van der Waals surface area contributed by atoms with Crippen LogP contribution in [-0.4, -0.2) is 59.7 Å². The zero-order chi connectivity index (χ0) is 30.7. The second-order valence-electron chi connectivity index (χ2n) is 12.8. The van der Waals surface area contributed by atoms with E-state index in [1.54, 1.807) is 25.5 Å². The summed E-state index contributed by atoms with van der Waals surface area (Å²) < 4.78 is 47.5. The Hall–Kier alpha value is -3.93. The second-order valence-corrected chi connectivity index (χ2v) is 12.8. The molecule has 1 N–H and O–H groups in total. The van der Waals surface area contributed by atoms with Crippen LogP contribution in [0.3, 0.4) is 0 Å². The van der Waals surface area contributed by atoms with Gasteiger partial charge in [0, 0.05) is 57.5 Å². The molecule has 1 saturated carbocycles. The first-order valence-corrected chi connectivity index (χ1v) is 15.4. The molecule has 2 aliphatic heterocycles. The van der Waals surface area contributed by atoms with Crippen LogP contribution >= 0.6 is 0 Å². The van der Waals surface area contributed by atoms with Gasteiger partial charge >= 0.3 is 11.9 Å². The van der Waals surface area contributed by atoms with E-state index >= 15 is 0 Å². The van der Waals surface area contributed by atoms with Gasteiger partial charge in [0.2, 0.25) is 5.91 Å². The van der Waals surface area contributed by atoms with Gasteiger partial charge in [0.05, 0.1) is 16.8 Å². The highest BCUT2D eigenvalue weighted by molar-refractivity contribution is 5.73. The van der Waals surface area contributed by atoms with Crippen molar-refractivity contribution in [2.75, 3.05) is 13.1 Å². The van der Waals surface area contributed by atoms with Gasteiger partial charge in [-0.25, -0.2) is 4.79 Å². The van der Waals surface area contributed by atoms with Gasteiger partial charge in [0.15, 0.2) is 0 Å². The van der Waals surface area contributed by atoms with E-state index in [0.717, 1.165) is 41.5 Å². The number of nitrogens with one attached hydrogen (secondary N) is 1. The molecule has 3 aromatic heterocycles. The molecule has 4 atom stereocenters. The molecule has 1 aliphatic carbocycles. The number of pyridine rings is 1. The standard InChI is InChI=1S/C32H36F3N7O2/c1-19(43)40-15-24-12-22(27(16-40)37-24)10-9-20-11-26(32(33,34)35)28-17-41(31(44)42(28)14-20)25-8-4-7-23(13-25)29(21-5-3-6-21)30-38-36-18-39(30)2/h4,7-8,11,13-14,17-18,21-22,24,27,29,37H,3,5-6,9-10,12,15-16H2,1-2H3/t22?,24?,27?,29-/m1/s1. The maximum atomic E-state index is 14.4. The first-order chi connectivity index (χ1) is 21.1. The average Bonchev–Trinajstić information content (AvgIpc) is 3.62. The fourth-order valence-corrected chi connectivity index (χ4v) is 7.51. The average molecular weight is 608 g/mol. The van der Waals surface area contributed by atoms with E-state index in [1.165, 1.54) is 16.8 Å². The number of carbonyl (C=O) groups excluding carboxylic acids is 1. The number of hydrogen-bond donors (Lipinski definition) is 1. The lowest BCUT2D eigenvalue weighted by molar-refractivity contribution is -0.136. The second kappa shape index (κ2) is 10.9. The van der Waals surface area contributed by atoms with Crippen molar-refractivity contribution in [3.8, 4) is 5.69 Å². The summed E-state index contributed by atoms with van der Waals surface area (Å²) in [5, 5.41) is 12.0. The van der Waals surface area contributed by atoms with Crippen LogP contribution in [0.25, 0.3) is 11.2 Å². The summed E-state index contributed by atoms with van der Waals surface area (Å²) in [7, 11) is 1.91. The third kappa shape index (κ3) is 5.12. The number of nitrogens with zero attached hydrogens (tertiary/aromatic N) is 6. The van der Waals surface area contributed by atoms with Gasteiger partial charge in [-0.3, -0.25) is 13.8 Å². The van der Waals surface area contributed by atoms with Crippen LogP contribution in [0.1, 0.15) is 67.5 Å². The fraction of sp³-hybridized carbons (Fsp3) is 0.500. The summed E-state index contributed by atoms with van der Waals surface area (Å²) in [4.78, 5) is 27.5. The molecule has 7 rings (SSSR count). The van der Waals surface area contributed by atoms with Crippen molar-refractivity contribution in [1.82, 2.24) is 33.9 Å². The van der Waals surface area contributed by atoms with Crippen LogP contribution in [0, 0.1) is 11.8 Å². The number of aryl methyl sites for hydroxylation is 2. The third-order valence-corrected chi connectivity index (χ3v) is 10.00. The Balaban J connectivity index is 1.21. The molecule has 4 aromatic rings. The molecular formula is C32H36F3N7O2. The van der Waals surface area contributed by atoms with Gasteiger partial charge in [-0.1, -0.05) is 18.6 Å². The summed E-state index contributed by atoms with van der Waals surface area (Å²) in [6, 6.07) is 9.00. The van der Waals surface area contributed by atoms with Crippen molar-refractivity contribution in [1.29, 1.82) is 0 Å². The Labute approximate surface area is 252 Å². The van der Waals surface area contributed by atoms with Crippen LogP contribution in [0.5, 0.6) is 0 Å². The molecule has 9 nitrogen and oxygen atoms in total. The van der Waals surface area contributed by atoms with Gasteiger partial charge < -0.3 is 14.8 Å². The number of fused-ring (bicyclic) bond motifs is 3. The number of imidazole rings is 1. The molecule has 3 aliphatic rings. The quantitative estimate of drug-likeness (QED) is 0.338. The van der Waals surface area contributed by atoms with Crippen molar-refractivity contribution < 1.29 is 18.0 Å². The highest BCUT2D eigenvalue weighted by Crippen LogP contribution is 2.43. The van der Waals surface area contributed by atoms with Gasteiger partial charge in [-0.05, 0) is 73.3 Å². The van der Waals surface area contributed by atoms with Crippen molar-refractivity contribution in [3.05, 3.63) is 82.1 Å². The van der Waals surface area contributed by atoms with Gasteiger partial charge in [0.25, 0.3) is 0 Å². The molecule has 3 fully saturated rings. The molecule has 0 radical (unpaired) electrons. The molecule has 1 amide bonds. The predicted octanol–water partition coefficient (Wildman–Crippen LogP) is 4.31. The molecule has 2 saturated heterocycles. The first kappa shape index (κ1) is 28.8. The van der Waals surface area contributed by atoms with E-state index in [0.29, 0.717) is 43.1 Å². The molecule has 12 heteroatoms. The Morgan fingerprint density at radius 1 is 1.16 bits per heavy atom. The van der Waals surface area contributed by atoms with E-state index < -0.39 is 17.4 Å². The molecule has 1 aromatic carbocycles. The van der Waals surface area contributed by atoms with Crippen molar-refractivity contribution in [2.45, 2.75) is 69.6 Å². The lowest BCUT2D eigenvalue weighted by Gasteiger charge is -2.33. The summed E-state index contributed by atoms with van der Waals surface area (Å²) in [6.45, 7) is 2.85. The van der Waals surface area contributed by atoms with E-state index in [-0.39, 0.29) is 35.3 Å². The molecule has 232 valence electrons. The molecule has 3 unspecified atom stereocenters. The number of aromatic nitrogens is 5. The highest BCUT2D eigenvalue weighted by Gasteiger charge is 2.40. The minimum atomic E-state index is -4.63. The van der Waals surface area contributed by atoms with Crippen molar-refractivity contribution in [3.63, 3.8) is 0 Å². The Morgan fingerprint density at radius 2 is 1.98 bits per heavy atom. The molecule has 5 heterocycles. The van der Waals surface area contributed by atoms with E-state index in [2.05, 4.69) is 15.5 Å². The highest BCUT2D eigenvalue weighted by atomic mass is 19.4. The smallest absolute Gasteiger partial charge is 0.340 e. The van der Waals surface area contributed by atoms with Gasteiger partial charge in [-0.2, -0.15) is 13.2 Å². The topological polar surface area (TPSA) is 89.5 Å². The number of halogens is 3. The Kier molecular flexibility index (Phi) is 7.14. The maximum absolute atomic E-state index is 14.4. The summed E-state index contributed by atoms with van der Waals surface area (Å²) in [5.74, 6) is 1.49. The largest absolute Gasteiger partial charge is 0.418 e. The number of hydrogen-bond acceptors (Lipinski definition) is 5. The number of rotatable bonds is 7. The number of alkyl halides is 3. The maximum Gasteiger partial charge on any atom is 0.418 e. The summed E-state index contributed by atoms with van der Waals surface area (Å²) in [5.41, 5.74) is 0.405. The Morgan fingerprint density at radius 3 is 2.66 bits per heavy atom. The zero-order valence-electron chi connectivity index (χ0n) is 24.8. The monoisotopic (exact) mass is 607 g/mol. The lowest BCUT2D eigenvalue weighted by atomic mass is 9.72. The van der Waals surface area contributed by atoms with Crippen LogP contribution in [0.15, 0.2) is 53.8 Å². The normalized spacial score (nSPS) is 22.8. The predicted molar refractivity (Wildman–Crippen MR) is 158 cm³/mol.